The molecule has 3 aromatic rings. The van der Waals surface area contributed by atoms with E-state index in [1.165, 1.54) is 0 Å². The number of fused-ring (bicyclic) bond motifs is 2. The summed E-state index contributed by atoms with van der Waals surface area (Å²) in [4.78, 5) is 4.37. The van der Waals surface area contributed by atoms with Gasteiger partial charge in [0.1, 0.15) is 0 Å². The van der Waals surface area contributed by atoms with Crippen LogP contribution in [0.25, 0.3) is 22.6 Å². The molecule has 1 aromatic heterocycles. The van der Waals surface area contributed by atoms with Crippen LogP contribution in [0.3, 0.4) is 0 Å². The molecular formula is C19H16N2O2. The van der Waals surface area contributed by atoms with Crippen LogP contribution >= 0.6 is 0 Å². The maximum absolute atomic E-state index is 10.3. The lowest BCUT2D eigenvalue weighted by atomic mass is 10.00. The number of nitrogens with one attached hydrogen (secondary N) is 1. The molecule has 2 aromatic carbocycles. The lowest BCUT2D eigenvalue weighted by Crippen LogP contribution is -2.12. The highest BCUT2D eigenvalue weighted by molar-refractivity contribution is 5.99. The van der Waals surface area contributed by atoms with Crippen molar-refractivity contribution in [3.8, 4) is 0 Å². The third-order valence-electron chi connectivity index (χ3n) is 4.16. The highest BCUT2D eigenvalue weighted by Gasteiger charge is 2.24. The van der Waals surface area contributed by atoms with Crippen molar-refractivity contribution in [3.05, 3.63) is 71.4 Å². The van der Waals surface area contributed by atoms with Gasteiger partial charge in [-0.3, -0.25) is 4.98 Å². The number of benzene rings is 2. The van der Waals surface area contributed by atoms with Crippen LogP contribution in [0.5, 0.6) is 0 Å². The Hall–Kier alpha value is -2.69. The number of hydrogen-bond acceptors (Lipinski definition) is 4. The zero-order chi connectivity index (χ0) is 15.8. The number of aliphatic hydroxyl groups is 2. The Morgan fingerprint density at radius 3 is 2.87 bits per heavy atom. The molecule has 4 heteroatoms. The van der Waals surface area contributed by atoms with Gasteiger partial charge in [-0.15, -0.1) is 0 Å². The van der Waals surface area contributed by atoms with Crippen molar-refractivity contribution in [2.24, 2.45) is 0 Å². The van der Waals surface area contributed by atoms with Crippen molar-refractivity contribution in [2.45, 2.75) is 12.8 Å². The minimum atomic E-state index is -0.758. The van der Waals surface area contributed by atoms with Crippen LogP contribution in [0, 0.1) is 0 Å². The van der Waals surface area contributed by atoms with Crippen LogP contribution in [0.4, 0.5) is 5.69 Å². The summed E-state index contributed by atoms with van der Waals surface area (Å²) in [5.74, 6) is 0. The Morgan fingerprint density at radius 1 is 1.13 bits per heavy atom. The largest absolute Gasteiger partial charge is 0.392 e. The zero-order valence-electron chi connectivity index (χ0n) is 12.4. The number of anilines is 1. The van der Waals surface area contributed by atoms with Crippen LogP contribution in [-0.4, -0.2) is 21.4 Å². The number of rotatable bonds is 2. The van der Waals surface area contributed by atoms with E-state index in [0.29, 0.717) is 0 Å². The van der Waals surface area contributed by atoms with Gasteiger partial charge < -0.3 is 15.5 Å². The van der Waals surface area contributed by atoms with E-state index >= 15 is 0 Å². The summed E-state index contributed by atoms with van der Waals surface area (Å²) >= 11 is 0. The monoisotopic (exact) mass is 304 g/mol. The van der Waals surface area contributed by atoms with Gasteiger partial charge >= 0.3 is 0 Å². The summed E-state index contributed by atoms with van der Waals surface area (Å²) in [5, 5.41) is 23.8. The molecule has 114 valence electrons. The highest BCUT2D eigenvalue weighted by Crippen LogP contribution is 2.36. The second-order valence-corrected chi connectivity index (χ2v) is 5.60. The zero-order valence-corrected chi connectivity index (χ0v) is 12.4. The maximum Gasteiger partial charge on any atom is 0.151 e. The SMILES string of the molecule is OCc1ccc2c(c1)C(=Cc1ccnc3ccccc13)C(O)N2. The molecule has 4 nitrogen and oxygen atoms in total. The van der Waals surface area contributed by atoms with Gasteiger partial charge in [0.2, 0.25) is 0 Å². The summed E-state index contributed by atoms with van der Waals surface area (Å²) in [6, 6.07) is 15.5. The molecule has 0 aliphatic carbocycles. The summed E-state index contributed by atoms with van der Waals surface area (Å²) in [6.07, 6.45) is 2.99. The van der Waals surface area contributed by atoms with E-state index in [0.717, 1.165) is 38.9 Å². The number of hydrogen-bond donors (Lipinski definition) is 3. The third kappa shape index (κ3) is 2.38. The topological polar surface area (TPSA) is 65.4 Å². The molecule has 0 radical (unpaired) electrons. The number of aliphatic hydroxyl groups excluding tert-OH is 2. The Bertz CT molecular complexity index is 913. The average Bonchev–Trinajstić information content (AvgIpc) is 2.90. The van der Waals surface area contributed by atoms with Crippen molar-refractivity contribution in [1.29, 1.82) is 0 Å². The Labute approximate surface area is 133 Å². The van der Waals surface area contributed by atoms with Crippen LogP contribution in [-0.2, 0) is 6.61 Å². The van der Waals surface area contributed by atoms with Gasteiger partial charge in [0, 0.05) is 28.4 Å². The first kappa shape index (κ1) is 13.9. The summed E-state index contributed by atoms with van der Waals surface area (Å²) in [5.41, 5.74) is 5.35. The Morgan fingerprint density at radius 2 is 2.00 bits per heavy atom. The van der Waals surface area contributed by atoms with E-state index < -0.39 is 6.23 Å². The molecule has 4 rings (SSSR count). The first-order valence-electron chi connectivity index (χ1n) is 7.50. The summed E-state index contributed by atoms with van der Waals surface area (Å²) in [7, 11) is 0. The van der Waals surface area contributed by atoms with E-state index in [-0.39, 0.29) is 6.61 Å². The first-order chi connectivity index (χ1) is 11.3. The lowest BCUT2D eigenvalue weighted by Gasteiger charge is -2.07. The number of aromatic nitrogens is 1. The molecule has 1 aliphatic rings. The third-order valence-corrected chi connectivity index (χ3v) is 4.16. The molecule has 0 saturated carbocycles. The van der Waals surface area contributed by atoms with E-state index in [2.05, 4.69) is 10.3 Å². The highest BCUT2D eigenvalue weighted by atomic mass is 16.3. The molecule has 23 heavy (non-hydrogen) atoms. The standard InChI is InChI=1S/C19H16N2O2/c22-11-12-5-6-18-15(9-12)16(19(23)21-18)10-13-7-8-20-17-4-2-1-3-14(13)17/h1-10,19,21-23H,11H2. The maximum atomic E-state index is 10.3. The fraction of sp³-hybridized carbons (Fsp3) is 0.105. The van der Waals surface area contributed by atoms with Gasteiger partial charge in [-0.25, -0.2) is 0 Å². The minimum Gasteiger partial charge on any atom is -0.392 e. The molecule has 1 atom stereocenters. The van der Waals surface area contributed by atoms with Gasteiger partial charge in [0.25, 0.3) is 0 Å². The van der Waals surface area contributed by atoms with Crippen molar-refractivity contribution in [2.75, 3.05) is 5.32 Å². The Balaban J connectivity index is 1.89. The fourth-order valence-electron chi connectivity index (χ4n) is 2.99. The van der Waals surface area contributed by atoms with Crippen LogP contribution in [0.15, 0.2) is 54.7 Å². The minimum absolute atomic E-state index is 0.0190. The average molecular weight is 304 g/mol. The van der Waals surface area contributed by atoms with Crippen LogP contribution in [0.1, 0.15) is 16.7 Å². The molecule has 0 saturated heterocycles. The molecule has 1 unspecified atom stereocenters. The van der Waals surface area contributed by atoms with Crippen molar-refractivity contribution in [1.82, 2.24) is 4.98 Å². The van der Waals surface area contributed by atoms with E-state index in [1.807, 2.05) is 54.6 Å². The van der Waals surface area contributed by atoms with Crippen molar-refractivity contribution < 1.29 is 10.2 Å². The van der Waals surface area contributed by atoms with Crippen molar-refractivity contribution in [3.63, 3.8) is 0 Å². The van der Waals surface area contributed by atoms with Crippen LogP contribution in [0.2, 0.25) is 0 Å². The number of para-hydroxylation sites is 1. The molecule has 0 spiro atoms. The molecule has 0 bridgehead atoms. The molecule has 3 N–H and O–H groups in total. The predicted molar refractivity (Wildman–Crippen MR) is 91.6 cm³/mol. The molecular weight excluding hydrogens is 288 g/mol. The molecule has 0 fully saturated rings. The first-order valence-corrected chi connectivity index (χ1v) is 7.50. The summed E-state index contributed by atoms with van der Waals surface area (Å²) in [6.45, 7) is -0.0190. The second kappa shape index (κ2) is 5.50. The van der Waals surface area contributed by atoms with Gasteiger partial charge in [-0.1, -0.05) is 24.3 Å². The fourth-order valence-corrected chi connectivity index (χ4v) is 2.99. The van der Waals surface area contributed by atoms with Crippen molar-refractivity contribution >= 4 is 28.2 Å². The Kier molecular flexibility index (Phi) is 3.33. The molecule has 1 aliphatic heterocycles. The summed E-state index contributed by atoms with van der Waals surface area (Å²) < 4.78 is 0. The van der Waals surface area contributed by atoms with Gasteiger partial charge in [-0.05, 0) is 41.5 Å². The lowest BCUT2D eigenvalue weighted by molar-refractivity contribution is 0.266. The van der Waals surface area contributed by atoms with Gasteiger partial charge in [0.15, 0.2) is 6.23 Å². The van der Waals surface area contributed by atoms with E-state index in [4.69, 9.17) is 0 Å². The number of nitrogens with zero attached hydrogens (tertiary/aromatic N) is 1. The van der Waals surface area contributed by atoms with E-state index in [9.17, 15) is 10.2 Å². The molecule has 2 heterocycles. The predicted octanol–water partition coefficient (Wildman–Crippen LogP) is 3.01. The van der Waals surface area contributed by atoms with E-state index in [1.54, 1.807) is 6.20 Å². The second-order valence-electron chi connectivity index (χ2n) is 5.60. The van der Waals surface area contributed by atoms with Gasteiger partial charge in [-0.2, -0.15) is 0 Å². The molecule has 0 amide bonds. The van der Waals surface area contributed by atoms with Gasteiger partial charge in [0.05, 0.1) is 12.1 Å². The number of pyridine rings is 1. The quantitative estimate of drug-likeness (QED) is 0.681. The normalized spacial score (nSPS) is 18.2. The van der Waals surface area contributed by atoms with Crippen LogP contribution < -0.4 is 5.32 Å². The smallest absolute Gasteiger partial charge is 0.151 e.